The number of nitrogens with two attached hydrogens (primary N) is 1. The van der Waals surface area contributed by atoms with Crippen molar-refractivity contribution in [2.75, 3.05) is 29.5 Å². The van der Waals surface area contributed by atoms with Gasteiger partial charge in [-0.15, -0.1) is 0 Å². The Balaban J connectivity index is 1.54. The molecule has 33 heavy (non-hydrogen) atoms. The van der Waals surface area contributed by atoms with Crippen LogP contribution >= 0.6 is 11.8 Å². The quantitative estimate of drug-likeness (QED) is 0.576. The van der Waals surface area contributed by atoms with Crippen LogP contribution in [0, 0.1) is 17.6 Å². The predicted octanol–water partition coefficient (Wildman–Crippen LogP) is 3.20. The minimum Gasteiger partial charge on any atom is -0.399 e. The number of aromatic nitrogens is 2. The molecule has 0 radical (unpaired) electrons. The molecule has 3 aromatic rings. The van der Waals surface area contributed by atoms with E-state index < -0.39 is 17.2 Å². The lowest BCUT2D eigenvalue weighted by atomic mass is 9.81. The Labute approximate surface area is 193 Å². The highest BCUT2D eigenvalue weighted by molar-refractivity contribution is 8.13. The number of rotatable bonds is 3. The zero-order valence-electron chi connectivity index (χ0n) is 17.4. The smallest absolute Gasteiger partial charge is 0.257 e. The normalized spacial score (nSPS) is 21.9. The van der Waals surface area contributed by atoms with Crippen LogP contribution in [-0.4, -0.2) is 39.9 Å². The summed E-state index contributed by atoms with van der Waals surface area (Å²) >= 11 is 1.40. The summed E-state index contributed by atoms with van der Waals surface area (Å²) in [5.41, 5.74) is 6.25. The monoisotopic (exact) mass is 466 g/mol. The molecule has 5 rings (SSSR count). The lowest BCUT2D eigenvalue weighted by Crippen LogP contribution is -2.43. The number of hydrogen-bond acceptors (Lipinski definition) is 7. The van der Waals surface area contributed by atoms with Crippen LogP contribution in [0.15, 0.2) is 65.9 Å². The van der Waals surface area contributed by atoms with E-state index in [0.717, 1.165) is 12.4 Å². The molecule has 2 aromatic carbocycles. The highest BCUT2D eigenvalue weighted by Gasteiger charge is 2.52. The number of amidine groups is 1. The minimum absolute atomic E-state index is 0.107. The Bertz CT molecular complexity index is 1220. The zero-order valence-corrected chi connectivity index (χ0v) is 18.2. The topological polar surface area (TPSA) is 96.5 Å². The van der Waals surface area contributed by atoms with E-state index in [1.165, 1.54) is 23.9 Å². The number of thioether (sulfide) groups is 1. The predicted molar refractivity (Wildman–Crippen MR) is 124 cm³/mol. The molecule has 2 aliphatic rings. The van der Waals surface area contributed by atoms with E-state index >= 15 is 4.39 Å². The fourth-order valence-electron chi connectivity index (χ4n) is 4.30. The minimum atomic E-state index is -1.01. The number of amides is 1. The molecular weight excluding hydrogens is 446 g/mol. The van der Waals surface area contributed by atoms with E-state index in [2.05, 4.69) is 15.3 Å². The van der Waals surface area contributed by atoms with Gasteiger partial charge in [0.1, 0.15) is 11.4 Å². The van der Waals surface area contributed by atoms with E-state index in [1.54, 1.807) is 30.3 Å². The van der Waals surface area contributed by atoms with Crippen molar-refractivity contribution in [3.63, 3.8) is 0 Å². The fourth-order valence-corrected chi connectivity index (χ4v) is 5.43. The standard InChI is InChI=1S/C23H20F2N6OS/c24-16-9-27-21(28-10-16)31-11-15-12-33-22(29-20(32)14-4-2-1-3-5-14)30-23(15,13-31)18-8-17(26)6-7-19(18)25/h1-10,15H,11-13,26H2,(H,29,30,32). The van der Waals surface area contributed by atoms with Crippen LogP contribution in [0.1, 0.15) is 15.9 Å². The average molecular weight is 467 g/mol. The molecule has 1 amide bonds. The van der Waals surface area contributed by atoms with Gasteiger partial charge in [0, 0.05) is 35.0 Å². The van der Waals surface area contributed by atoms with Gasteiger partial charge in [0.25, 0.3) is 5.91 Å². The second kappa shape index (κ2) is 8.43. The summed E-state index contributed by atoms with van der Waals surface area (Å²) in [6, 6.07) is 13.2. The molecular formula is C23H20F2N6OS. The molecule has 3 N–H and O–H groups in total. The SMILES string of the molecule is Nc1ccc(F)c(C23CN(c4ncc(F)cn4)CC2CSC(NC(=O)c2ccccc2)=N3)c1. The number of fused-ring (bicyclic) bond motifs is 1. The zero-order chi connectivity index (χ0) is 23.0. The number of benzene rings is 2. The van der Waals surface area contributed by atoms with Gasteiger partial charge in [-0.25, -0.2) is 23.7 Å². The maximum Gasteiger partial charge on any atom is 0.257 e. The van der Waals surface area contributed by atoms with E-state index in [9.17, 15) is 9.18 Å². The third kappa shape index (κ3) is 4.02. The maximum atomic E-state index is 15.1. The summed E-state index contributed by atoms with van der Waals surface area (Å²) in [4.78, 5) is 27.6. The Morgan fingerprint density at radius 1 is 1.15 bits per heavy atom. The first kappa shape index (κ1) is 21.3. The maximum absolute atomic E-state index is 15.1. The van der Waals surface area contributed by atoms with Crippen molar-refractivity contribution in [3.05, 3.63) is 83.7 Å². The first-order valence-electron chi connectivity index (χ1n) is 10.3. The number of nitrogen functional groups attached to an aromatic ring is 1. The number of carbonyl (C=O) groups is 1. The number of anilines is 2. The Morgan fingerprint density at radius 3 is 2.67 bits per heavy atom. The van der Waals surface area contributed by atoms with Gasteiger partial charge >= 0.3 is 0 Å². The van der Waals surface area contributed by atoms with Crippen molar-refractivity contribution >= 4 is 34.5 Å². The molecule has 7 nitrogen and oxygen atoms in total. The summed E-state index contributed by atoms with van der Waals surface area (Å²) < 4.78 is 28.5. The van der Waals surface area contributed by atoms with Gasteiger partial charge in [-0.3, -0.25) is 4.79 Å². The second-order valence-corrected chi connectivity index (χ2v) is 9.00. The van der Waals surface area contributed by atoms with Crippen molar-refractivity contribution in [2.24, 2.45) is 10.9 Å². The molecule has 0 spiro atoms. The number of nitrogens with zero attached hydrogens (tertiary/aromatic N) is 4. The summed E-state index contributed by atoms with van der Waals surface area (Å²) in [6.07, 6.45) is 2.20. The lowest BCUT2D eigenvalue weighted by molar-refractivity contribution is 0.0977. The van der Waals surface area contributed by atoms with Gasteiger partial charge in [0.05, 0.1) is 18.9 Å². The van der Waals surface area contributed by atoms with Crippen molar-refractivity contribution in [1.29, 1.82) is 0 Å². The van der Waals surface area contributed by atoms with Crippen molar-refractivity contribution in [3.8, 4) is 0 Å². The van der Waals surface area contributed by atoms with Crippen LogP contribution in [0.25, 0.3) is 0 Å². The highest BCUT2D eigenvalue weighted by atomic mass is 32.2. The van der Waals surface area contributed by atoms with Crippen molar-refractivity contribution in [2.45, 2.75) is 5.54 Å². The molecule has 1 aromatic heterocycles. The van der Waals surface area contributed by atoms with Crippen molar-refractivity contribution < 1.29 is 13.6 Å². The van der Waals surface area contributed by atoms with Gasteiger partial charge in [-0.05, 0) is 30.3 Å². The summed E-state index contributed by atoms with van der Waals surface area (Å²) in [6.45, 7) is 0.755. The molecule has 2 atom stereocenters. The third-order valence-corrected chi connectivity index (χ3v) is 6.91. The van der Waals surface area contributed by atoms with E-state index in [0.29, 0.717) is 40.2 Å². The highest BCUT2D eigenvalue weighted by Crippen LogP contribution is 2.47. The van der Waals surface area contributed by atoms with Crippen LogP contribution in [-0.2, 0) is 5.54 Å². The number of hydrogen-bond donors (Lipinski definition) is 2. The largest absolute Gasteiger partial charge is 0.399 e. The van der Waals surface area contributed by atoms with Gasteiger partial charge in [0.2, 0.25) is 5.95 Å². The van der Waals surface area contributed by atoms with Gasteiger partial charge in [-0.1, -0.05) is 30.0 Å². The van der Waals surface area contributed by atoms with E-state index in [-0.39, 0.29) is 18.4 Å². The molecule has 0 aliphatic carbocycles. The lowest BCUT2D eigenvalue weighted by Gasteiger charge is -2.35. The van der Waals surface area contributed by atoms with Gasteiger partial charge < -0.3 is 16.0 Å². The van der Waals surface area contributed by atoms with Crippen LogP contribution in [0.4, 0.5) is 20.4 Å². The summed E-state index contributed by atoms with van der Waals surface area (Å²) in [5.74, 6) is -0.443. The number of nitrogens with one attached hydrogen (secondary N) is 1. The van der Waals surface area contributed by atoms with E-state index in [4.69, 9.17) is 10.7 Å². The molecule has 3 heterocycles. The summed E-state index contributed by atoms with van der Waals surface area (Å²) in [5, 5.41) is 3.27. The second-order valence-electron chi connectivity index (χ2n) is 7.99. The van der Waals surface area contributed by atoms with Gasteiger partial charge in [-0.2, -0.15) is 0 Å². The van der Waals surface area contributed by atoms with Crippen LogP contribution < -0.4 is 16.0 Å². The third-order valence-electron chi connectivity index (χ3n) is 5.87. The Kier molecular flexibility index (Phi) is 5.45. The number of aliphatic imine (C=N–C) groups is 1. The van der Waals surface area contributed by atoms with Crippen LogP contribution in [0.5, 0.6) is 0 Å². The number of carbonyl (C=O) groups excluding carboxylic acids is 1. The molecule has 2 unspecified atom stereocenters. The van der Waals surface area contributed by atoms with Crippen molar-refractivity contribution in [1.82, 2.24) is 15.3 Å². The van der Waals surface area contributed by atoms with E-state index in [1.807, 2.05) is 11.0 Å². The molecule has 2 aliphatic heterocycles. The average Bonchev–Trinajstić information content (AvgIpc) is 3.21. The van der Waals surface area contributed by atoms with Crippen LogP contribution in [0.2, 0.25) is 0 Å². The first-order chi connectivity index (χ1) is 15.9. The molecule has 0 saturated carbocycles. The fraction of sp³-hybridized carbons (Fsp3) is 0.217. The number of halogens is 2. The summed E-state index contributed by atoms with van der Waals surface area (Å²) in [7, 11) is 0. The molecule has 1 saturated heterocycles. The van der Waals surface area contributed by atoms with Crippen LogP contribution in [0.3, 0.4) is 0 Å². The Morgan fingerprint density at radius 2 is 1.91 bits per heavy atom. The van der Waals surface area contributed by atoms with Gasteiger partial charge in [0.15, 0.2) is 11.0 Å². The molecule has 0 bridgehead atoms. The molecule has 1 fully saturated rings. The first-order valence-corrected chi connectivity index (χ1v) is 11.3. The Hall–Kier alpha value is -3.53. The molecule has 10 heteroatoms. The molecule has 168 valence electrons.